The Bertz CT molecular complexity index is 968. The Morgan fingerprint density at radius 3 is 2.38 bits per heavy atom. The zero-order valence-corrected chi connectivity index (χ0v) is 18.4. The smallest absolute Gasteiger partial charge is 0.251 e. The van der Waals surface area contributed by atoms with Gasteiger partial charge >= 0.3 is 0 Å². The summed E-state index contributed by atoms with van der Waals surface area (Å²) >= 11 is 6.21. The number of halogens is 1. The van der Waals surface area contributed by atoms with Gasteiger partial charge in [0.1, 0.15) is 4.90 Å². The fourth-order valence-electron chi connectivity index (χ4n) is 3.55. The highest BCUT2D eigenvalue weighted by Crippen LogP contribution is 2.28. The molecule has 0 bridgehead atoms. The third kappa shape index (κ3) is 5.00. The molecule has 1 N–H and O–H groups in total. The standard InChI is InChI=1S/C22H27ClN2O3S/c1-3-20(17-9-7-16(2)8-10-17)24-22(26)18-11-12-19(23)21(15-18)29(27,28)25-13-5-4-6-14-25/h7-12,15,20H,3-6,13-14H2,1-2H3,(H,24,26)/t20-/m0/s1. The number of amides is 1. The van der Waals surface area contributed by atoms with Gasteiger partial charge in [0.25, 0.3) is 5.91 Å². The molecule has 0 aliphatic carbocycles. The van der Waals surface area contributed by atoms with Crippen LogP contribution in [-0.2, 0) is 10.0 Å². The van der Waals surface area contributed by atoms with Crippen molar-refractivity contribution >= 4 is 27.5 Å². The predicted molar refractivity (Wildman–Crippen MR) is 116 cm³/mol. The first-order valence-corrected chi connectivity index (χ1v) is 11.8. The lowest BCUT2D eigenvalue weighted by atomic mass is 10.0. The number of hydrogen-bond donors (Lipinski definition) is 1. The lowest BCUT2D eigenvalue weighted by molar-refractivity contribution is 0.0935. The minimum atomic E-state index is -3.72. The number of nitrogens with one attached hydrogen (secondary N) is 1. The Labute approximate surface area is 178 Å². The van der Waals surface area contributed by atoms with Crippen molar-refractivity contribution in [3.05, 3.63) is 64.2 Å². The summed E-state index contributed by atoms with van der Waals surface area (Å²) in [6.07, 6.45) is 3.43. The van der Waals surface area contributed by atoms with Crippen LogP contribution in [0, 0.1) is 6.92 Å². The zero-order chi connectivity index (χ0) is 21.0. The number of rotatable bonds is 6. The molecule has 2 aromatic carbocycles. The summed E-state index contributed by atoms with van der Waals surface area (Å²) in [6.45, 7) is 4.99. The Balaban J connectivity index is 1.84. The van der Waals surface area contributed by atoms with E-state index in [1.165, 1.54) is 16.4 Å². The Kier molecular flexibility index (Phi) is 6.98. The SMILES string of the molecule is CC[C@H](NC(=O)c1ccc(Cl)c(S(=O)(=O)N2CCCCC2)c1)c1ccc(C)cc1. The molecular formula is C22H27ClN2O3S. The molecule has 3 rings (SSSR count). The molecule has 7 heteroatoms. The minimum absolute atomic E-state index is 0.00268. The van der Waals surface area contributed by atoms with Crippen molar-refractivity contribution in [1.82, 2.24) is 9.62 Å². The van der Waals surface area contributed by atoms with E-state index in [1.54, 1.807) is 6.07 Å². The maximum absolute atomic E-state index is 13.0. The van der Waals surface area contributed by atoms with Gasteiger partial charge in [0.15, 0.2) is 0 Å². The fraction of sp³-hybridized carbons (Fsp3) is 0.409. The number of hydrogen-bond acceptors (Lipinski definition) is 3. The van der Waals surface area contributed by atoms with Gasteiger partial charge in [-0.3, -0.25) is 4.79 Å². The molecule has 1 amide bonds. The number of carbonyl (C=O) groups is 1. The van der Waals surface area contributed by atoms with Crippen molar-refractivity contribution in [2.24, 2.45) is 0 Å². The second kappa shape index (κ2) is 9.28. The molecule has 29 heavy (non-hydrogen) atoms. The van der Waals surface area contributed by atoms with E-state index in [9.17, 15) is 13.2 Å². The summed E-state index contributed by atoms with van der Waals surface area (Å²) in [6, 6.07) is 12.3. The van der Waals surface area contributed by atoms with E-state index in [-0.39, 0.29) is 27.4 Å². The Hall–Kier alpha value is -1.89. The third-order valence-corrected chi connectivity index (χ3v) is 7.70. The van der Waals surface area contributed by atoms with Crippen molar-refractivity contribution in [3.8, 4) is 0 Å². The topological polar surface area (TPSA) is 66.5 Å². The quantitative estimate of drug-likeness (QED) is 0.716. The number of benzene rings is 2. The largest absolute Gasteiger partial charge is 0.345 e. The molecular weight excluding hydrogens is 408 g/mol. The molecule has 2 aromatic rings. The molecule has 0 aromatic heterocycles. The average Bonchev–Trinajstić information content (AvgIpc) is 2.73. The lowest BCUT2D eigenvalue weighted by Gasteiger charge is -2.26. The lowest BCUT2D eigenvalue weighted by Crippen LogP contribution is -2.36. The summed E-state index contributed by atoms with van der Waals surface area (Å²) in [7, 11) is -3.72. The van der Waals surface area contributed by atoms with Crippen LogP contribution >= 0.6 is 11.6 Å². The van der Waals surface area contributed by atoms with Crippen molar-refractivity contribution in [2.75, 3.05) is 13.1 Å². The maximum Gasteiger partial charge on any atom is 0.251 e. The van der Waals surface area contributed by atoms with Crippen LogP contribution in [0.3, 0.4) is 0 Å². The number of piperidine rings is 1. The first-order chi connectivity index (χ1) is 13.8. The van der Waals surface area contributed by atoms with Crippen LogP contribution in [0.2, 0.25) is 5.02 Å². The van der Waals surface area contributed by atoms with Gasteiger partial charge in [-0.15, -0.1) is 0 Å². The van der Waals surface area contributed by atoms with Crippen LogP contribution in [0.5, 0.6) is 0 Å². The van der Waals surface area contributed by atoms with Crippen LogP contribution < -0.4 is 5.32 Å². The van der Waals surface area contributed by atoms with Crippen LogP contribution in [0.1, 0.15) is 60.1 Å². The first kappa shape index (κ1) is 21.8. The van der Waals surface area contributed by atoms with E-state index in [0.717, 1.165) is 36.8 Å². The first-order valence-electron chi connectivity index (χ1n) is 10.00. The zero-order valence-electron chi connectivity index (χ0n) is 16.8. The molecule has 1 saturated heterocycles. The molecule has 0 radical (unpaired) electrons. The van der Waals surface area contributed by atoms with E-state index < -0.39 is 10.0 Å². The Morgan fingerprint density at radius 2 is 1.76 bits per heavy atom. The molecule has 1 aliphatic rings. The Morgan fingerprint density at radius 1 is 1.10 bits per heavy atom. The minimum Gasteiger partial charge on any atom is -0.345 e. The molecule has 0 spiro atoms. The second-order valence-corrected chi connectivity index (χ2v) is 9.77. The van der Waals surface area contributed by atoms with Gasteiger partial charge in [0.05, 0.1) is 11.1 Å². The molecule has 1 atom stereocenters. The molecule has 0 saturated carbocycles. The van der Waals surface area contributed by atoms with Crippen LogP contribution in [0.4, 0.5) is 0 Å². The van der Waals surface area contributed by atoms with Crippen LogP contribution in [-0.4, -0.2) is 31.7 Å². The van der Waals surface area contributed by atoms with Crippen molar-refractivity contribution < 1.29 is 13.2 Å². The summed E-state index contributed by atoms with van der Waals surface area (Å²) in [5, 5.41) is 3.14. The monoisotopic (exact) mass is 434 g/mol. The van der Waals surface area contributed by atoms with E-state index in [0.29, 0.717) is 13.1 Å². The van der Waals surface area contributed by atoms with Gasteiger partial charge in [-0.05, 0) is 49.9 Å². The van der Waals surface area contributed by atoms with Gasteiger partial charge in [-0.2, -0.15) is 4.31 Å². The average molecular weight is 435 g/mol. The van der Waals surface area contributed by atoms with E-state index in [4.69, 9.17) is 11.6 Å². The normalized spacial score (nSPS) is 16.4. The summed E-state index contributed by atoms with van der Waals surface area (Å²) in [5.74, 6) is -0.316. The summed E-state index contributed by atoms with van der Waals surface area (Å²) in [4.78, 5) is 12.9. The molecule has 156 valence electrons. The molecule has 1 aliphatic heterocycles. The summed E-state index contributed by atoms with van der Waals surface area (Å²) in [5.41, 5.74) is 2.46. The van der Waals surface area contributed by atoms with Gasteiger partial charge < -0.3 is 5.32 Å². The number of aryl methyl sites for hydroxylation is 1. The van der Waals surface area contributed by atoms with Crippen LogP contribution in [0.25, 0.3) is 0 Å². The highest BCUT2D eigenvalue weighted by molar-refractivity contribution is 7.89. The molecule has 5 nitrogen and oxygen atoms in total. The van der Waals surface area contributed by atoms with Gasteiger partial charge in [-0.1, -0.05) is 54.8 Å². The van der Waals surface area contributed by atoms with E-state index in [2.05, 4.69) is 5.32 Å². The number of sulfonamides is 1. The highest BCUT2D eigenvalue weighted by atomic mass is 35.5. The molecule has 1 fully saturated rings. The van der Waals surface area contributed by atoms with Gasteiger partial charge in [-0.25, -0.2) is 8.42 Å². The third-order valence-electron chi connectivity index (χ3n) is 5.32. The highest BCUT2D eigenvalue weighted by Gasteiger charge is 2.29. The number of nitrogens with zero attached hydrogens (tertiary/aromatic N) is 1. The predicted octanol–water partition coefficient (Wildman–Crippen LogP) is 4.70. The van der Waals surface area contributed by atoms with Crippen molar-refractivity contribution in [3.63, 3.8) is 0 Å². The maximum atomic E-state index is 13.0. The summed E-state index contributed by atoms with van der Waals surface area (Å²) < 4.78 is 27.5. The van der Waals surface area contributed by atoms with Crippen molar-refractivity contribution in [1.29, 1.82) is 0 Å². The van der Waals surface area contributed by atoms with E-state index in [1.807, 2.05) is 38.1 Å². The molecule has 0 unspecified atom stereocenters. The second-order valence-electron chi connectivity index (χ2n) is 7.45. The van der Waals surface area contributed by atoms with Crippen LogP contribution in [0.15, 0.2) is 47.4 Å². The van der Waals surface area contributed by atoms with E-state index >= 15 is 0 Å². The van der Waals surface area contributed by atoms with Gasteiger partial charge in [0, 0.05) is 18.7 Å². The fourth-order valence-corrected chi connectivity index (χ4v) is 5.57. The van der Waals surface area contributed by atoms with Gasteiger partial charge in [0.2, 0.25) is 10.0 Å². The number of carbonyl (C=O) groups excluding carboxylic acids is 1. The molecule has 1 heterocycles. The van der Waals surface area contributed by atoms with Crippen molar-refractivity contribution in [2.45, 2.75) is 50.5 Å².